The molecule has 5 nitrogen and oxygen atoms in total. The second kappa shape index (κ2) is 6.75. The van der Waals surface area contributed by atoms with Gasteiger partial charge < -0.3 is 14.2 Å². The maximum absolute atomic E-state index is 12.6. The lowest BCUT2D eigenvalue weighted by Gasteiger charge is -2.36. The summed E-state index contributed by atoms with van der Waals surface area (Å²) in [7, 11) is 0. The minimum Gasteiger partial charge on any atom is -0.444 e. The molecule has 2 aliphatic rings. The summed E-state index contributed by atoms with van der Waals surface area (Å²) in [6.45, 7) is 11.8. The van der Waals surface area contributed by atoms with Crippen LogP contribution < -0.4 is 0 Å². The van der Waals surface area contributed by atoms with E-state index in [1.807, 2.05) is 34.6 Å². The Morgan fingerprint density at radius 1 is 1.27 bits per heavy atom. The van der Waals surface area contributed by atoms with Crippen LogP contribution in [0.15, 0.2) is 0 Å². The Labute approximate surface area is 134 Å². The number of amides is 1. The molecule has 2 heterocycles. The van der Waals surface area contributed by atoms with E-state index in [1.54, 1.807) is 4.90 Å². The summed E-state index contributed by atoms with van der Waals surface area (Å²) in [5.41, 5.74) is -1.11. The van der Waals surface area contributed by atoms with Crippen LogP contribution in [0.4, 0.5) is 4.79 Å². The summed E-state index contributed by atoms with van der Waals surface area (Å²) in [4.78, 5) is 14.4. The van der Waals surface area contributed by atoms with Gasteiger partial charge in [0.05, 0.1) is 12.6 Å². The van der Waals surface area contributed by atoms with E-state index < -0.39 is 11.3 Å². The normalized spacial score (nSPS) is 29.2. The largest absolute Gasteiger partial charge is 0.444 e. The van der Waals surface area contributed by atoms with Gasteiger partial charge in [-0.05, 0) is 59.8 Å². The quantitative estimate of drug-likeness (QED) is 0.782. The van der Waals surface area contributed by atoms with E-state index in [0.717, 1.165) is 26.1 Å². The van der Waals surface area contributed by atoms with Gasteiger partial charge in [0.2, 0.25) is 0 Å². The molecule has 0 aromatic heterocycles. The summed E-state index contributed by atoms with van der Waals surface area (Å²) in [6.07, 6.45) is 4.14. The summed E-state index contributed by atoms with van der Waals surface area (Å²) < 4.78 is 17.1. The van der Waals surface area contributed by atoms with Crippen LogP contribution in [0.25, 0.3) is 0 Å². The molecule has 0 unspecified atom stereocenters. The van der Waals surface area contributed by atoms with E-state index in [2.05, 4.69) is 0 Å². The fourth-order valence-corrected chi connectivity index (χ4v) is 3.28. The van der Waals surface area contributed by atoms with Crippen molar-refractivity contribution in [2.24, 2.45) is 5.92 Å². The summed E-state index contributed by atoms with van der Waals surface area (Å²) >= 11 is 0. The SMILES string of the molecule is CC(C)(C)OC(=O)N1[C@@H](C[C@H]2CCCCOC2)COC1(C)C. The number of carbonyl (C=O) groups excluding carboxylic acids is 1. The monoisotopic (exact) mass is 313 g/mol. The van der Waals surface area contributed by atoms with Crippen LogP contribution >= 0.6 is 0 Å². The van der Waals surface area contributed by atoms with E-state index in [-0.39, 0.29) is 12.1 Å². The van der Waals surface area contributed by atoms with Gasteiger partial charge in [-0.3, -0.25) is 4.90 Å². The summed E-state index contributed by atoms with van der Waals surface area (Å²) in [5.74, 6) is 0.495. The smallest absolute Gasteiger partial charge is 0.412 e. The zero-order chi connectivity index (χ0) is 16.4. The number of carbonyl (C=O) groups is 1. The molecule has 2 rings (SSSR count). The molecule has 0 radical (unpaired) electrons. The van der Waals surface area contributed by atoms with Crippen LogP contribution in [0.2, 0.25) is 0 Å². The van der Waals surface area contributed by atoms with Gasteiger partial charge in [0.25, 0.3) is 0 Å². The first kappa shape index (κ1) is 17.5. The van der Waals surface area contributed by atoms with Gasteiger partial charge in [-0.15, -0.1) is 0 Å². The predicted octanol–water partition coefficient (Wildman–Crippen LogP) is 3.57. The van der Waals surface area contributed by atoms with E-state index >= 15 is 0 Å². The molecular weight excluding hydrogens is 282 g/mol. The molecule has 2 fully saturated rings. The molecule has 2 aliphatic heterocycles. The molecule has 128 valence electrons. The maximum atomic E-state index is 12.6. The molecule has 2 saturated heterocycles. The van der Waals surface area contributed by atoms with E-state index in [9.17, 15) is 4.79 Å². The van der Waals surface area contributed by atoms with Gasteiger partial charge in [-0.2, -0.15) is 0 Å². The highest BCUT2D eigenvalue weighted by atomic mass is 16.6. The number of hydrogen-bond acceptors (Lipinski definition) is 4. The van der Waals surface area contributed by atoms with Crippen molar-refractivity contribution in [2.45, 2.75) is 77.7 Å². The highest BCUT2D eigenvalue weighted by molar-refractivity contribution is 5.69. The van der Waals surface area contributed by atoms with Crippen molar-refractivity contribution in [1.29, 1.82) is 0 Å². The molecule has 22 heavy (non-hydrogen) atoms. The first-order chi connectivity index (χ1) is 10.2. The van der Waals surface area contributed by atoms with Gasteiger partial charge in [-0.1, -0.05) is 6.42 Å². The second-order valence-electron chi connectivity index (χ2n) is 7.93. The Morgan fingerprint density at radius 3 is 2.68 bits per heavy atom. The highest BCUT2D eigenvalue weighted by Crippen LogP contribution is 2.33. The maximum Gasteiger partial charge on any atom is 0.412 e. The fraction of sp³-hybridized carbons (Fsp3) is 0.941. The van der Waals surface area contributed by atoms with Crippen molar-refractivity contribution in [1.82, 2.24) is 4.90 Å². The van der Waals surface area contributed by atoms with Gasteiger partial charge in [0.1, 0.15) is 11.3 Å². The number of hydrogen-bond donors (Lipinski definition) is 0. The van der Waals surface area contributed by atoms with Gasteiger partial charge in [-0.25, -0.2) is 4.79 Å². The van der Waals surface area contributed by atoms with Crippen molar-refractivity contribution < 1.29 is 19.0 Å². The predicted molar refractivity (Wildman–Crippen MR) is 84.7 cm³/mol. The lowest BCUT2D eigenvalue weighted by molar-refractivity contribution is -0.0634. The topological polar surface area (TPSA) is 48.0 Å². The highest BCUT2D eigenvalue weighted by Gasteiger charge is 2.46. The lowest BCUT2D eigenvalue weighted by Crippen LogP contribution is -2.50. The van der Waals surface area contributed by atoms with Crippen LogP contribution in [-0.2, 0) is 14.2 Å². The Balaban J connectivity index is 2.03. The molecule has 0 aromatic carbocycles. The van der Waals surface area contributed by atoms with E-state index in [4.69, 9.17) is 14.2 Å². The number of ether oxygens (including phenoxy) is 3. The molecule has 0 aromatic rings. The average molecular weight is 313 g/mol. The van der Waals surface area contributed by atoms with Gasteiger partial charge in [0, 0.05) is 13.2 Å². The first-order valence-electron chi connectivity index (χ1n) is 8.43. The van der Waals surface area contributed by atoms with Crippen LogP contribution in [0.1, 0.15) is 60.3 Å². The first-order valence-corrected chi connectivity index (χ1v) is 8.43. The van der Waals surface area contributed by atoms with Crippen LogP contribution in [0.3, 0.4) is 0 Å². The van der Waals surface area contributed by atoms with Crippen LogP contribution in [0.5, 0.6) is 0 Å². The molecular formula is C17H31NO4. The standard InChI is InChI=1S/C17H31NO4/c1-16(2,3)22-15(19)18-14(12-21-17(18,4)5)10-13-8-6-7-9-20-11-13/h13-14H,6-12H2,1-5H3/t13-,14+/m1/s1. The third-order valence-electron chi connectivity index (χ3n) is 4.27. The second-order valence-corrected chi connectivity index (χ2v) is 7.93. The van der Waals surface area contributed by atoms with Crippen LogP contribution in [-0.4, -0.2) is 48.2 Å². The molecule has 1 amide bonds. The summed E-state index contributed by atoms with van der Waals surface area (Å²) in [5, 5.41) is 0. The fourth-order valence-electron chi connectivity index (χ4n) is 3.28. The Morgan fingerprint density at radius 2 is 2.00 bits per heavy atom. The zero-order valence-electron chi connectivity index (χ0n) is 14.7. The molecule has 0 N–H and O–H groups in total. The molecule has 0 bridgehead atoms. The van der Waals surface area contributed by atoms with Gasteiger partial charge >= 0.3 is 6.09 Å². The molecule has 5 heteroatoms. The molecule has 0 aliphatic carbocycles. The lowest BCUT2D eigenvalue weighted by atomic mass is 9.95. The average Bonchev–Trinajstić information content (AvgIpc) is 2.55. The minimum atomic E-state index is -0.613. The van der Waals surface area contributed by atoms with Crippen molar-refractivity contribution >= 4 is 6.09 Å². The summed E-state index contributed by atoms with van der Waals surface area (Å²) in [6, 6.07) is 0.0662. The molecule has 2 atom stereocenters. The third kappa shape index (κ3) is 4.59. The van der Waals surface area contributed by atoms with Crippen LogP contribution in [0, 0.1) is 5.92 Å². The zero-order valence-corrected chi connectivity index (χ0v) is 14.7. The Kier molecular flexibility index (Phi) is 5.38. The van der Waals surface area contributed by atoms with Crippen molar-refractivity contribution in [3.05, 3.63) is 0 Å². The molecule has 0 saturated carbocycles. The van der Waals surface area contributed by atoms with Gasteiger partial charge in [0.15, 0.2) is 0 Å². The van der Waals surface area contributed by atoms with E-state index in [0.29, 0.717) is 12.5 Å². The Bertz CT molecular complexity index is 381. The molecule has 0 spiro atoms. The van der Waals surface area contributed by atoms with Crippen molar-refractivity contribution in [3.63, 3.8) is 0 Å². The van der Waals surface area contributed by atoms with Crippen molar-refractivity contribution in [3.8, 4) is 0 Å². The van der Waals surface area contributed by atoms with E-state index in [1.165, 1.54) is 12.8 Å². The van der Waals surface area contributed by atoms with Crippen molar-refractivity contribution in [2.75, 3.05) is 19.8 Å². The third-order valence-corrected chi connectivity index (χ3v) is 4.27. The number of nitrogens with zero attached hydrogens (tertiary/aromatic N) is 1. The Hall–Kier alpha value is -0.810. The minimum absolute atomic E-state index is 0.0662. The number of rotatable bonds is 2.